The molecule has 0 aromatic carbocycles. The van der Waals surface area contributed by atoms with E-state index in [1.54, 1.807) is 26.2 Å². The second-order valence-electron chi connectivity index (χ2n) is 2.07. The lowest BCUT2D eigenvalue weighted by atomic mass is 10.3. The van der Waals surface area contributed by atoms with Crippen molar-refractivity contribution in [2.75, 3.05) is 7.11 Å². The van der Waals surface area contributed by atoms with Crippen LogP contribution in [0.25, 0.3) is 4.85 Å². The number of rotatable bonds is 1. The first-order chi connectivity index (χ1) is 5.27. The van der Waals surface area contributed by atoms with Gasteiger partial charge in [-0.15, -0.1) is 0 Å². The summed E-state index contributed by atoms with van der Waals surface area (Å²) in [4.78, 5) is 7.30. The number of nitrogens with zero attached hydrogens (tertiary/aromatic N) is 2. The van der Waals surface area contributed by atoms with E-state index >= 15 is 0 Å². The Labute approximate surface area is 65.5 Å². The van der Waals surface area contributed by atoms with Crippen LogP contribution in [0.4, 0.5) is 5.69 Å². The molecule has 0 aliphatic rings. The Morgan fingerprint density at radius 1 is 1.55 bits per heavy atom. The van der Waals surface area contributed by atoms with E-state index in [-0.39, 0.29) is 0 Å². The minimum atomic E-state index is 0.551. The minimum absolute atomic E-state index is 0.551. The van der Waals surface area contributed by atoms with Crippen molar-refractivity contribution in [2.24, 2.45) is 0 Å². The van der Waals surface area contributed by atoms with E-state index in [2.05, 4.69) is 9.83 Å². The Morgan fingerprint density at radius 2 is 2.27 bits per heavy atom. The van der Waals surface area contributed by atoms with Crippen LogP contribution >= 0.6 is 0 Å². The van der Waals surface area contributed by atoms with E-state index in [0.29, 0.717) is 17.3 Å². The molecular formula is C8H8N2O. The Morgan fingerprint density at radius 3 is 2.73 bits per heavy atom. The highest BCUT2D eigenvalue weighted by Gasteiger charge is 1.99. The number of hydrogen-bond donors (Lipinski definition) is 0. The van der Waals surface area contributed by atoms with Crippen molar-refractivity contribution in [2.45, 2.75) is 6.92 Å². The molecule has 56 valence electrons. The summed E-state index contributed by atoms with van der Waals surface area (Å²) >= 11 is 0. The Kier molecular flexibility index (Phi) is 2.07. The monoisotopic (exact) mass is 148 g/mol. The van der Waals surface area contributed by atoms with E-state index < -0.39 is 0 Å². The standard InChI is InChI=1S/C8H8N2O/c1-6-7(9-2)4-5-8(10-6)11-3/h4-5H,1,3H3. The molecule has 3 nitrogen and oxygen atoms in total. The van der Waals surface area contributed by atoms with Crippen molar-refractivity contribution in [1.29, 1.82) is 0 Å². The molecule has 0 saturated heterocycles. The van der Waals surface area contributed by atoms with Gasteiger partial charge in [0.05, 0.1) is 13.7 Å². The van der Waals surface area contributed by atoms with Crippen LogP contribution < -0.4 is 4.74 Å². The van der Waals surface area contributed by atoms with Crippen molar-refractivity contribution in [1.82, 2.24) is 4.98 Å². The van der Waals surface area contributed by atoms with Crippen molar-refractivity contribution < 1.29 is 4.74 Å². The molecule has 0 spiro atoms. The molecule has 0 unspecified atom stereocenters. The van der Waals surface area contributed by atoms with E-state index in [9.17, 15) is 0 Å². The molecule has 0 fully saturated rings. The maximum atomic E-state index is 6.76. The third kappa shape index (κ3) is 1.47. The second kappa shape index (κ2) is 3.02. The van der Waals surface area contributed by atoms with Gasteiger partial charge in [0, 0.05) is 5.69 Å². The van der Waals surface area contributed by atoms with Crippen molar-refractivity contribution in [3.63, 3.8) is 0 Å². The Bertz CT molecular complexity index is 301. The molecule has 0 saturated carbocycles. The van der Waals surface area contributed by atoms with Gasteiger partial charge < -0.3 is 4.74 Å². The fourth-order valence-corrected chi connectivity index (χ4v) is 0.763. The molecule has 0 bridgehead atoms. The maximum Gasteiger partial charge on any atom is 0.210 e. The number of aromatic nitrogens is 1. The molecule has 0 atom stereocenters. The van der Waals surface area contributed by atoms with Crippen LogP contribution in [0.1, 0.15) is 5.69 Å². The molecule has 0 N–H and O–H groups in total. The molecule has 1 aromatic heterocycles. The van der Waals surface area contributed by atoms with Crippen LogP contribution in [0.3, 0.4) is 0 Å². The van der Waals surface area contributed by atoms with Crippen LogP contribution in [-0.2, 0) is 0 Å². The first-order valence-electron chi connectivity index (χ1n) is 3.17. The van der Waals surface area contributed by atoms with E-state index in [1.807, 2.05) is 0 Å². The van der Waals surface area contributed by atoms with Gasteiger partial charge in [0.15, 0.2) is 0 Å². The van der Waals surface area contributed by atoms with Gasteiger partial charge in [-0.3, -0.25) is 0 Å². The zero-order chi connectivity index (χ0) is 8.27. The zero-order valence-corrected chi connectivity index (χ0v) is 6.46. The lowest BCUT2D eigenvalue weighted by Gasteiger charge is -1.99. The van der Waals surface area contributed by atoms with Gasteiger partial charge in [0.25, 0.3) is 0 Å². The Balaban J connectivity index is 3.12. The highest BCUT2D eigenvalue weighted by atomic mass is 16.5. The molecule has 0 aliphatic heterocycles. The van der Waals surface area contributed by atoms with Crippen LogP contribution in [-0.4, -0.2) is 12.1 Å². The maximum absolute atomic E-state index is 6.76. The van der Waals surface area contributed by atoms with Gasteiger partial charge in [-0.05, 0) is 19.1 Å². The van der Waals surface area contributed by atoms with E-state index in [1.165, 1.54) is 0 Å². The summed E-state index contributed by atoms with van der Waals surface area (Å²) in [6.07, 6.45) is 0. The fraction of sp³-hybridized carbons (Fsp3) is 0.250. The fourth-order valence-electron chi connectivity index (χ4n) is 0.763. The highest BCUT2D eigenvalue weighted by molar-refractivity contribution is 5.49. The zero-order valence-electron chi connectivity index (χ0n) is 6.46. The number of methoxy groups -OCH3 is 1. The molecule has 11 heavy (non-hydrogen) atoms. The molecule has 3 heteroatoms. The molecule has 1 heterocycles. The van der Waals surface area contributed by atoms with Crippen LogP contribution in [0.5, 0.6) is 5.88 Å². The van der Waals surface area contributed by atoms with Gasteiger partial charge >= 0.3 is 0 Å². The van der Waals surface area contributed by atoms with Gasteiger partial charge in [0.1, 0.15) is 0 Å². The SMILES string of the molecule is [C-]#[N+]c1ccc(OC)nc1C. The van der Waals surface area contributed by atoms with Gasteiger partial charge in [0.2, 0.25) is 11.6 Å². The average molecular weight is 148 g/mol. The lowest BCUT2D eigenvalue weighted by molar-refractivity contribution is 0.397. The molecule has 0 amide bonds. The summed E-state index contributed by atoms with van der Waals surface area (Å²) in [6, 6.07) is 3.38. The molecule has 1 aromatic rings. The highest BCUT2D eigenvalue weighted by Crippen LogP contribution is 2.18. The predicted molar refractivity (Wildman–Crippen MR) is 41.8 cm³/mol. The van der Waals surface area contributed by atoms with E-state index in [0.717, 1.165) is 0 Å². The summed E-state index contributed by atoms with van der Waals surface area (Å²) in [6.45, 7) is 8.54. The van der Waals surface area contributed by atoms with Crippen LogP contribution in [0.2, 0.25) is 0 Å². The first kappa shape index (κ1) is 7.55. The van der Waals surface area contributed by atoms with Gasteiger partial charge in [-0.25, -0.2) is 9.83 Å². The molecule has 0 aliphatic carbocycles. The quantitative estimate of drug-likeness (QED) is 0.569. The summed E-state index contributed by atoms with van der Waals surface area (Å²) in [5, 5.41) is 0. The van der Waals surface area contributed by atoms with Crippen LogP contribution in [0.15, 0.2) is 12.1 Å². The number of aryl methyl sites for hydroxylation is 1. The normalized spacial score (nSPS) is 8.82. The average Bonchev–Trinajstić information content (AvgIpc) is 2.04. The predicted octanol–water partition coefficient (Wildman–Crippen LogP) is 1.95. The topological polar surface area (TPSA) is 26.5 Å². The lowest BCUT2D eigenvalue weighted by Crippen LogP contribution is -1.88. The first-order valence-corrected chi connectivity index (χ1v) is 3.17. The third-order valence-corrected chi connectivity index (χ3v) is 1.36. The largest absolute Gasteiger partial charge is 0.481 e. The molecule has 0 radical (unpaired) electrons. The summed E-state index contributed by atoms with van der Waals surface area (Å²) < 4.78 is 4.88. The minimum Gasteiger partial charge on any atom is -0.481 e. The smallest absolute Gasteiger partial charge is 0.210 e. The van der Waals surface area contributed by atoms with E-state index in [4.69, 9.17) is 11.3 Å². The second-order valence-corrected chi connectivity index (χ2v) is 2.07. The third-order valence-electron chi connectivity index (χ3n) is 1.36. The summed E-state index contributed by atoms with van der Waals surface area (Å²) in [5.74, 6) is 0.551. The van der Waals surface area contributed by atoms with Gasteiger partial charge in [-0.1, -0.05) is 0 Å². The number of ether oxygens (including phenoxy) is 1. The molecule has 1 rings (SSSR count). The van der Waals surface area contributed by atoms with Crippen molar-refractivity contribution >= 4 is 5.69 Å². The summed E-state index contributed by atoms with van der Waals surface area (Å²) in [5.41, 5.74) is 1.28. The van der Waals surface area contributed by atoms with Crippen molar-refractivity contribution in [3.05, 3.63) is 29.2 Å². The van der Waals surface area contributed by atoms with Crippen LogP contribution in [0, 0.1) is 13.5 Å². The van der Waals surface area contributed by atoms with Crippen molar-refractivity contribution in [3.8, 4) is 5.88 Å². The Hall–Kier alpha value is -1.56. The number of pyridine rings is 1. The molecular weight excluding hydrogens is 140 g/mol. The number of hydrogen-bond acceptors (Lipinski definition) is 2. The van der Waals surface area contributed by atoms with Gasteiger partial charge in [-0.2, -0.15) is 0 Å². The summed E-state index contributed by atoms with van der Waals surface area (Å²) in [7, 11) is 1.55.